The molecule has 1 aliphatic rings. The highest BCUT2D eigenvalue weighted by molar-refractivity contribution is 7.90. The van der Waals surface area contributed by atoms with Gasteiger partial charge < -0.3 is 9.84 Å². The van der Waals surface area contributed by atoms with Crippen molar-refractivity contribution in [3.05, 3.63) is 90.0 Å². The normalized spacial score (nSPS) is 19.6. The molecule has 2 atom stereocenters. The lowest BCUT2D eigenvalue weighted by atomic mass is 9.91. The van der Waals surface area contributed by atoms with Gasteiger partial charge in [0.15, 0.2) is 0 Å². The predicted molar refractivity (Wildman–Crippen MR) is 129 cm³/mol. The first-order valence-corrected chi connectivity index (χ1v) is 12.6. The van der Waals surface area contributed by atoms with Crippen LogP contribution in [0, 0.1) is 5.82 Å². The predicted octanol–water partition coefficient (Wildman–Crippen LogP) is 5.02. The van der Waals surface area contributed by atoms with Crippen LogP contribution < -0.4 is 0 Å². The highest BCUT2D eigenvalue weighted by Gasteiger charge is 2.47. The average molecular weight is 483 g/mol. The van der Waals surface area contributed by atoms with Crippen LogP contribution >= 0.6 is 0 Å². The van der Waals surface area contributed by atoms with Gasteiger partial charge in [0.2, 0.25) is 5.90 Å². The topological polar surface area (TPSA) is 88.9 Å². The molecule has 8 heteroatoms. The summed E-state index contributed by atoms with van der Waals surface area (Å²) < 4.78 is 51.1. The van der Waals surface area contributed by atoms with Gasteiger partial charge in [0.1, 0.15) is 16.7 Å². The fraction of sp³-hybridized carbons (Fsp3) is 0.308. The summed E-state index contributed by atoms with van der Waals surface area (Å²) in [5.74, 6) is -0.852. The van der Waals surface area contributed by atoms with Crippen LogP contribution in [0.4, 0.5) is 4.39 Å². The van der Waals surface area contributed by atoms with Crippen molar-refractivity contribution in [2.75, 3.05) is 6.61 Å². The Hall–Kier alpha value is -3.10. The van der Waals surface area contributed by atoms with Gasteiger partial charge >= 0.3 is 0 Å². The molecule has 1 unspecified atom stereocenters. The van der Waals surface area contributed by atoms with Crippen molar-refractivity contribution >= 4 is 15.9 Å². The van der Waals surface area contributed by atoms with Crippen LogP contribution in [0.2, 0.25) is 0 Å². The molecule has 0 spiro atoms. The molecule has 4 rings (SSSR count). The van der Waals surface area contributed by atoms with Gasteiger partial charge in [-0.2, -0.15) is 0 Å². The van der Waals surface area contributed by atoms with Gasteiger partial charge in [-0.3, -0.25) is 4.98 Å². The van der Waals surface area contributed by atoms with E-state index in [0.29, 0.717) is 11.1 Å². The summed E-state index contributed by atoms with van der Waals surface area (Å²) in [6, 6.07) is 17.3. The number of halogens is 1. The molecule has 1 aliphatic heterocycles. The number of nitrogens with zero attached hydrogens (tertiary/aromatic N) is 2. The lowest BCUT2D eigenvalue weighted by Gasteiger charge is -2.38. The number of rotatable bonds is 7. The number of hydrogen-bond acceptors (Lipinski definition) is 5. The number of pyridine rings is 1. The van der Waals surface area contributed by atoms with E-state index >= 15 is 0 Å². The van der Waals surface area contributed by atoms with Crippen LogP contribution in [0.15, 0.2) is 77.5 Å². The van der Waals surface area contributed by atoms with Crippen LogP contribution in [-0.2, 0) is 14.8 Å². The summed E-state index contributed by atoms with van der Waals surface area (Å²) >= 11 is 0. The molecule has 0 saturated carbocycles. The minimum absolute atomic E-state index is 0.0244. The van der Waals surface area contributed by atoms with Crippen molar-refractivity contribution in [3.63, 3.8) is 0 Å². The van der Waals surface area contributed by atoms with E-state index in [-0.39, 0.29) is 25.3 Å². The lowest BCUT2D eigenvalue weighted by molar-refractivity contribution is 0.0797. The highest BCUT2D eigenvalue weighted by Crippen LogP contribution is 2.42. The van der Waals surface area contributed by atoms with E-state index in [1.807, 2.05) is 24.3 Å². The number of ether oxygens (including phenoxy) is 1. The van der Waals surface area contributed by atoms with Crippen LogP contribution in [0.1, 0.15) is 49.0 Å². The lowest BCUT2D eigenvalue weighted by Crippen LogP contribution is -2.43. The Kier molecular flexibility index (Phi) is 6.81. The first kappa shape index (κ1) is 24.0. The molecular formula is C26H27FN2O4S. The number of sulfonamides is 1. The molecule has 0 aliphatic carbocycles. The number of aliphatic hydroxyl groups is 1. The fourth-order valence-electron chi connectivity index (χ4n) is 4.52. The maximum absolute atomic E-state index is 14.4. The van der Waals surface area contributed by atoms with Crippen molar-refractivity contribution in [2.24, 2.45) is 4.40 Å². The second kappa shape index (κ2) is 9.64. The first-order valence-electron chi connectivity index (χ1n) is 11.1. The molecule has 0 radical (unpaired) electrons. The molecule has 3 aromatic rings. The molecule has 0 saturated heterocycles. The Morgan fingerprint density at radius 3 is 2.29 bits per heavy atom. The van der Waals surface area contributed by atoms with Crippen molar-refractivity contribution in [1.82, 2.24) is 4.98 Å². The SMILES string of the molecule is CC1(C)OC(C[C@@H](CCO)c2ccccc2F)=NS(=O)(=O)C1c1ccc(-c2ccncc2)cc1. The summed E-state index contributed by atoms with van der Waals surface area (Å²) in [5.41, 5.74) is 1.79. The number of aliphatic hydroxyl groups excluding tert-OH is 1. The van der Waals surface area contributed by atoms with Gasteiger partial charge in [-0.05, 0) is 66.6 Å². The summed E-state index contributed by atoms with van der Waals surface area (Å²) in [7, 11) is -3.97. The van der Waals surface area contributed by atoms with Crippen LogP contribution in [0.3, 0.4) is 0 Å². The van der Waals surface area contributed by atoms with Crippen LogP contribution in [0.5, 0.6) is 0 Å². The Morgan fingerprint density at radius 1 is 1.03 bits per heavy atom. The molecule has 0 amide bonds. The van der Waals surface area contributed by atoms with Crippen molar-refractivity contribution in [3.8, 4) is 11.1 Å². The molecule has 2 heterocycles. The van der Waals surface area contributed by atoms with E-state index in [9.17, 15) is 17.9 Å². The summed E-state index contributed by atoms with van der Waals surface area (Å²) in [6.07, 6.45) is 3.72. The third-order valence-corrected chi connectivity index (χ3v) is 7.90. The minimum atomic E-state index is -3.97. The van der Waals surface area contributed by atoms with Gasteiger partial charge in [0.05, 0.1) is 0 Å². The van der Waals surface area contributed by atoms with Gasteiger partial charge in [0.25, 0.3) is 10.0 Å². The third-order valence-electron chi connectivity index (χ3n) is 6.01. The molecule has 2 aromatic carbocycles. The van der Waals surface area contributed by atoms with Gasteiger partial charge in [0, 0.05) is 25.4 Å². The van der Waals surface area contributed by atoms with Gasteiger partial charge in [-0.1, -0.05) is 42.5 Å². The van der Waals surface area contributed by atoms with Crippen LogP contribution in [0.25, 0.3) is 11.1 Å². The zero-order valence-corrected chi connectivity index (χ0v) is 19.9. The zero-order chi connectivity index (χ0) is 24.3. The Labute approximate surface area is 199 Å². The number of benzene rings is 2. The van der Waals surface area contributed by atoms with E-state index in [0.717, 1.165) is 11.1 Å². The number of hydrogen-bond donors (Lipinski definition) is 1. The molecule has 0 bridgehead atoms. The summed E-state index contributed by atoms with van der Waals surface area (Å²) in [6.45, 7) is 3.25. The van der Waals surface area contributed by atoms with Crippen molar-refractivity contribution in [1.29, 1.82) is 0 Å². The van der Waals surface area contributed by atoms with Crippen molar-refractivity contribution in [2.45, 2.75) is 43.5 Å². The monoisotopic (exact) mass is 482 g/mol. The quantitative estimate of drug-likeness (QED) is 0.511. The summed E-state index contributed by atoms with van der Waals surface area (Å²) in [4.78, 5) is 4.02. The smallest absolute Gasteiger partial charge is 0.267 e. The Morgan fingerprint density at radius 2 is 1.68 bits per heavy atom. The Balaban J connectivity index is 1.63. The van der Waals surface area contributed by atoms with Gasteiger partial charge in [-0.15, -0.1) is 4.40 Å². The average Bonchev–Trinajstić information content (AvgIpc) is 2.79. The molecule has 1 N–H and O–H groups in total. The largest absolute Gasteiger partial charge is 0.472 e. The molecule has 1 aromatic heterocycles. The molecule has 178 valence electrons. The molecule has 34 heavy (non-hydrogen) atoms. The maximum atomic E-state index is 14.4. The first-order chi connectivity index (χ1) is 16.2. The van der Waals surface area contributed by atoms with E-state index in [4.69, 9.17) is 4.74 Å². The molecule has 6 nitrogen and oxygen atoms in total. The molecular weight excluding hydrogens is 455 g/mol. The second-order valence-corrected chi connectivity index (χ2v) is 10.6. The van der Waals surface area contributed by atoms with E-state index in [1.54, 1.807) is 56.6 Å². The second-order valence-electron chi connectivity index (χ2n) is 8.88. The van der Waals surface area contributed by atoms with Crippen molar-refractivity contribution < 1.29 is 22.7 Å². The third kappa shape index (κ3) is 5.03. The number of aromatic nitrogens is 1. The minimum Gasteiger partial charge on any atom is -0.472 e. The Bertz CT molecular complexity index is 1280. The van der Waals surface area contributed by atoms with Crippen LogP contribution in [-0.4, -0.2) is 36.6 Å². The highest BCUT2D eigenvalue weighted by atomic mass is 32.2. The fourth-order valence-corrected chi connectivity index (χ4v) is 6.28. The molecule has 0 fully saturated rings. The maximum Gasteiger partial charge on any atom is 0.267 e. The van der Waals surface area contributed by atoms with E-state index in [2.05, 4.69) is 9.38 Å². The van der Waals surface area contributed by atoms with E-state index < -0.39 is 32.6 Å². The standard InChI is InChI=1S/C26H27FN2O4S/c1-26(2)25(20-9-7-18(8-10-20)19-11-14-28-15-12-19)34(31,32)29-24(33-26)17-21(13-16-30)22-5-3-4-6-23(22)27/h3-12,14-15,21,25,30H,13,16-17H2,1-2H3/t21-,25?/m1/s1. The van der Waals surface area contributed by atoms with E-state index in [1.165, 1.54) is 6.07 Å². The zero-order valence-electron chi connectivity index (χ0n) is 19.1. The van der Waals surface area contributed by atoms with Gasteiger partial charge in [-0.25, -0.2) is 12.8 Å². The summed E-state index contributed by atoms with van der Waals surface area (Å²) in [5, 5.41) is 8.49.